The first kappa shape index (κ1) is 14.8. The predicted octanol–water partition coefficient (Wildman–Crippen LogP) is 1.31. The highest BCUT2D eigenvalue weighted by Crippen LogP contribution is 2.20. The summed E-state index contributed by atoms with van der Waals surface area (Å²) in [5.74, 6) is 6.06. The van der Waals surface area contributed by atoms with Crippen LogP contribution in [-0.2, 0) is 9.47 Å². The van der Waals surface area contributed by atoms with Gasteiger partial charge in [0.05, 0.1) is 0 Å². The van der Waals surface area contributed by atoms with Gasteiger partial charge in [-0.2, -0.15) is 0 Å². The smallest absolute Gasteiger partial charge is 0.261 e. The molecule has 17 heavy (non-hydrogen) atoms. The zero-order valence-electron chi connectivity index (χ0n) is 10.0. The van der Waals surface area contributed by atoms with E-state index < -0.39 is 13.0 Å². The van der Waals surface area contributed by atoms with Gasteiger partial charge in [0.1, 0.15) is 6.61 Å². The van der Waals surface area contributed by atoms with Gasteiger partial charge in [0.25, 0.3) is 6.43 Å². The van der Waals surface area contributed by atoms with Crippen LogP contribution in [-0.4, -0.2) is 38.9 Å². The number of rotatable bonds is 8. The third-order valence-corrected chi connectivity index (χ3v) is 3.05. The highest BCUT2D eigenvalue weighted by atomic mass is 19.3. The van der Waals surface area contributed by atoms with E-state index in [-0.39, 0.29) is 6.04 Å². The van der Waals surface area contributed by atoms with E-state index in [9.17, 15) is 8.78 Å². The molecule has 0 aromatic rings. The minimum atomic E-state index is -2.39. The largest absolute Gasteiger partial charge is 0.381 e. The SMILES string of the molecule is NNC(CCOCC(F)F)CC1CCOCC1. The van der Waals surface area contributed by atoms with Crippen LogP contribution >= 0.6 is 0 Å². The average molecular weight is 252 g/mol. The van der Waals surface area contributed by atoms with Gasteiger partial charge < -0.3 is 9.47 Å². The fourth-order valence-electron chi connectivity index (χ4n) is 2.05. The number of alkyl halides is 2. The van der Waals surface area contributed by atoms with Crippen LogP contribution in [0.5, 0.6) is 0 Å². The second-order valence-corrected chi connectivity index (χ2v) is 4.41. The van der Waals surface area contributed by atoms with Gasteiger partial charge in [-0.15, -0.1) is 0 Å². The van der Waals surface area contributed by atoms with Crippen molar-refractivity contribution in [2.75, 3.05) is 26.4 Å². The summed E-state index contributed by atoms with van der Waals surface area (Å²) in [5.41, 5.74) is 2.73. The molecule has 3 N–H and O–H groups in total. The van der Waals surface area contributed by atoms with Crippen LogP contribution in [0.4, 0.5) is 8.78 Å². The van der Waals surface area contributed by atoms with E-state index in [0.717, 1.165) is 32.5 Å². The molecule has 1 unspecified atom stereocenters. The summed E-state index contributed by atoms with van der Waals surface area (Å²) in [4.78, 5) is 0. The summed E-state index contributed by atoms with van der Waals surface area (Å²) in [7, 11) is 0. The molecule has 0 aromatic heterocycles. The monoisotopic (exact) mass is 252 g/mol. The molecule has 1 aliphatic rings. The van der Waals surface area contributed by atoms with E-state index in [1.165, 1.54) is 0 Å². The molecular weight excluding hydrogens is 230 g/mol. The topological polar surface area (TPSA) is 56.5 Å². The number of halogens is 2. The number of hydrogen-bond acceptors (Lipinski definition) is 4. The lowest BCUT2D eigenvalue weighted by molar-refractivity contribution is 0.0124. The maximum absolute atomic E-state index is 11.8. The van der Waals surface area contributed by atoms with E-state index in [4.69, 9.17) is 15.3 Å². The molecule has 1 fully saturated rings. The van der Waals surface area contributed by atoms with Gasteiger partial charge in [0.15, 0.2) is 0 Å². The van der Waals surface area contributed by atoms with E-state index in [1.54, 1.807) is 0 Å². The molecule has 1 atom stereocenters. The third-order valence-electron chi connectivity index (χ3n) is 3.05. The lowest BCUT2D eigenvalue weighted by Gasteiger charge is -2.26. The predicted molar refractivity (Wildman–Crippen MR) is 60.7 cm³/mol. The Kier molecular flexibility index (Phi) is 7.59. The van der Waals surface area contributed by atoms with E-state index in [2.05, 4.69) is 5.43 Å². The first-order chi connectivity index (χ1) is 8.22. The number of hydrogen-bond donors (Lipinski definition) is 2. The summed E-state index contributed by atoms with van der Waals surface area (Å²) in [5, 5.41) is 0. The summed E-state index contributed by atoms with van der Waals surface area (Å²) in [6.45, 7) is 1.45. The van der Waals surface area contributed by atoms with Crippen molar-refractivity contribution < 1.29 is 18.3 Å². The van der Waals surface area contributed by atoms with Gasteiger partial charge in [-0.1, -0.05) is 0 Å². The number of nitrogens with one attached hydrogen (secondary N) is 1. The molecule has 102 valence electrons. The number of ether oxygens (including phenoxy) is 2. The second kappa shape index (κ2) is 8.74. The molecule has 0 aliphatic carbocycles. The fourth-order valence-corrected chi connectivity index (χ4v) is 2.05. The van der Waals surface area contributed by atoms with Gasteiger partial charge in [-0.3, -0.25) is 11.3 Å². The molecule has 1 aliphatic heterocycles. The fraction of sp³-hybridized carbons (Fsp3) is 1.00. The van der Waals surface area contributed by atoms with Crippen LogP contribution < -0.4 is 11.3 Å². The van der Waals surface area contributed by atoms with Gasteiger partial charge >= 0.3 is 0 Å². The van der Waals surface area contributed by atoms with Crippen LogP contribution in [0.15, 0.2) is 0 Å². The molecule has 0 amide bonds. The summed E-state index contributed by atoms with van der Waals surface area (Å²) in [6, 6.07) is 0.135. The van der Waals surface area contributed by atoms with E-state index >= 15 is 0 Å². The molecule has 0 radical (unpaired) electrons. The van der Waals surface area contributed by atoms with Crippen LogP contribution in [0, 0.1) is 5.92 Å². The Morgan fingerprint density at radius 1 is 1.35 bits per heavy atom. The highest BCUT2D eigenvalue weighted by Gasteiger charge is 2.18. The quantitative estimate of drug-likeness (QED) is 0.388. The molecule has 0 spiro atoms. The minimum Gasteiger partial charge on any atom is -0.381 e. The van der Waals surface area contributed by atoms with Crippen molar-refractivity contribution >= 4 is 0 Å². The molecule has 0 aromatic carbocycles. The summed E-state index contributed by atoms with van der Waals surface area (Å²) >= 11 is 0. The molecular formula is C11H22F2N2O2. The maximum atomic E-state index is 11.8. The highest BCUT2D eigenvalue weighted by molar-refractivity contribution is 4.72. The molecule has 0 saturated carbocycles. The van der Waals surface area contributed by atoms with Crippen molar-refractivity contribution in [2.45, 2.75) is 38.2 Å². The number of nitrogens with two attached hydrogens (primary N) is 1. The average Bonchev–Trinajstić information content (AvgIpc) is 2.34. The van der Waals surface area contributed by atoms with Crippen LogP contribution in [0.2, 0.25) is 0 Å². The molecule has 6 heteroatoms. The Morgan fingerprint density at radius 3 is 2.65 bits per heavy atom. The zero-order chi connectivity index (χ0) is 12.5. The summed E-state index contributed by atoms with van der Waals surface area (Å²) < 4.78 is 33.8. The first-order valence-electron chi connectivity index (χ1n) is 6.12. The van der Waals surface area contributed by atoms with Crippen LogP contribution in [0.25, 0.3) is 0 Å². The summed E-state index contributed by atoms with van der Waals surface area (Å²) in [6.07, 6.45) is 1.33. The van der Waals surface area contributed by atoms with Crippen molar-refractivity contribution in [3.05, 3.63) is 0 Å². The minimum absolute atomic E-state index is 0.135. The Hall–Kier alpha value is -0.300. The molecule has 4 nitrogen and oxygen atoms in total. The van der Waals surface area contributed by atoms with Gasteiger partial charge in [-0.05, 0) is 31.6 Å². The second-order valence-electron chi connectivity index (χ2n) is 4.41. The van der Waals surface area contributed by atoms with Gasteiger partial charge in [0, 0.05) is 25.9 Å². The molecule has 0 bridgehead atoms. The van der Waals surface area contributed by atoms with Crippen molar-refractivity contribution in [2.24, 2.45) is 11.8 Å². The van der Waals surface area contributed by atoms with Crippen molar-refractivity contribution in [3.8, 4) is 0 Å². The lowest BCUT2D eigenvalue weighted by atomic mass is 9.92. The lowest BCUT2D eigenvalue weighted by Crippen LogP contribution is -2.38. The van der Waals surface area contributed by atoms with Crippen molar-refractivity contribution in [1.29, 1.82) is 0 Å². The van der Waals surface area contributed by atoms with Crippen LogP contribution in [0.3, 0.4) is 0 Å². The normalized spacial score (nSPS) is 19.8. The van der Waals surface area contributed by atoms with Gasteiger partial charge in [-0.25, -0.2) is 8.78 Å². The van der Waals surface area contributed by atoms with Crippen molar-refractivity contribution in [1.82, 2.24) is 5.43 Å². The van der Waals surface area contributed by atoms with Crippen LogP contribution in [0.1, 0.15) is 25.7 Å². The Bertz CT molecular complexity index is 190. The van der Waals surface area contributed by atoms with E-state index in [0.29, 0.717) is 18.9 Å². The Labute approximate surface area is 101 Å². The molecule has 1 heterocycles. The standard InChI is InChI=1S/C11H22F2N2O2/c12-11(13)8-17-6-3-10(15-14)7-9-1-4-16-5-2-9/h9-11,15H,1-8,14H2. The van der Waals surface area contributed by atoms with Crippen molar-refractivity contribution in [3.63, 3.8) is 0 Å². The molecule has 1 rings (SSSR count). The third kappa shape index (κ3) is 6.88. The van der Waals surface area contributed by atoms with Gasteiger partial charge in [0.2, 0.25) is 0 Å². The Balaban J connectivity index is 2.09. The molecule has 1 saturated heterocycles. The first-order valence-corrected chi connectivity index (χ1v) is 6.12. The van der Waals surface area contributed by atoms with E-state index in [1.807, 2.05) is 0 Å². The zero-order valence-corrected chi connectivity index (χ0v) is 10.0. The maximum Gasteiger partial charge on any atom is 0.261 e. The number of hydrazine groups is 1. The Morgan fingerprint density at radius 2 is 2.06 bits per heavy atom.